The fraction of sp³-hybridized carbons (Fsp3) is 0.250. The van der Waals surface area contributed by atoms with Crippen LogP contribution in [0.3, 0.4) is 0 Å². The zero-order chi connectivity index (χ0) is 12.3. The van der Waals surface area contributed by atoms with Gasteiger partial charge in [0.1, 0.15) is 5.82 Å². The van der Waals surface area contributed by atoms with Crippen molar-refractivity contribution in [2.24, 2.45) is 5.73 Å². The second-order valence-corrected chi connectivity index (χ2v) is 3.83. The smallest absolute Gasteiger partial charge is 0.123 e. The predicted octanol–water partition coefficient (Wildman–Crippen LogP) is 1.60. The van der Waals surface area contributed by atoms with Gasteiger partial charge >= 0.3 is 0 Å². The molecule has 4 N–H and O–H groups in total. The average molecular weight is 235 g/mol. The van der Waals surface area contributed by atoms with Crippen molar-refractivity contribution in [2.45, 2.75) is 12.5 Å². The highest BCUT2D eigenvalue weighted by Gasteiger charge is 2.14. The zero-order valence-corrected chi connectivity index (χ0v) is 9.23. The molecule has 0 amide bonds. The first-order chi connectivity index (χ1) is 8.22. The molecule has 1 aromatic heterocycles. The van der Waals surface area contributed by atoms with Gasteiger partial charge < -0.3 is 10.8 Å². The number of nitrogens with one attached hydrogen (secondary N) is 1. The third-order valence-corrected chi connectivity index (χ3v) is 2.64. The Morgan fingerprint density at radius 2 is 2.06 bits per heavy atom. The normalized spacial score (nSPS) is 12.6. The van der Waals surface area contributed by atoms with Crippen LogP contribution in [0, 0.1) is 5.82 Å². The third kappa shape index (κ3) is 2.51. The Hall–Kier alpha value is -1.72. The van der Waals surface area contributed by atoms with Crippen LogP contribution in [0.5, 0.6) is 0 Å². The summed E-state index contributed by atoms with van der Waals surface area (Å²) in [6, 6.07) is 5.82. The summed E-state index contributed by atoms with van der Waals surface area (Å²) in [5, 5.41) is 15.7. The summed E-state index contributed by atoms with van der Waals surface area (Å²) < 4.78 is 12.8. The average Bonchev–Trinajstić information content (AvgIpc) is 2.79. The van der Waals surface area contributed by atoms with Crippen LogP contribution >= 0.6 is 0 Å². The van der Waals surface area contributed by atoms with E-state index in [9.17, 15) is 4.39 Å². The van der Waals surface area contributed by atoms with Crippen LogP contribution in [-0.2, 0) is 0 Å². The third-order valence-electron chi connectivity index (χ3n) is 2.64. The van der Waals surface area contributed by atoms with Gasteiger partial charge in [0.25, 0.3) is 0 Å². The summed E-state index contributed by atoms with van der Waals surface area (Å²) in [4.78, 5) is 0. The maximum Gasteiger partial charge on any atom is 0.123 e. The molecular formula is C12H14FN3O. The lowest BCUT2D eigenvalue weighted by Crippen LogP contribution is -2.12. The van der Waals surface area contributed by atoms with Crippen LogP contribution in [0.2, 0.25) is 0 Å². The van der Waals surface area contributed by atoms with E-state index in [-0.39, 0.29) is 18.5 Å². The van der Waals surface area contributed by atoms with Gasteiger partial charge in [0, 0.05) is 23.8 Å². The number of hydrogen-bond donors (Lipinski definition) is 3. The van der Waals surface area contributed by atoms with Crippen molar-refractivity contribution in [3.05, 3.63) is 41.8 Å². The van der Waals surface area contributed by atoms with Gasteiger partial charge in [0.05, 0.1) is 11.9 Å². The van der Waals surface area contributed by atoms with Gasteiger partial charge in [0.2, 0.25) is 0 Å². The van der Waals surface area contributed by atoms with Crippen LogP contribution in [0.1, 0.15) is 18.0 Å². The summed E-state index contributed by atoms with van der Waals surface area (Å²) in [6.07, 6.45) is 2.10. The molecule has 2 rings (SSSR count). The number of nitrogens with zero attached hydrogens (tertiary/aromatic N) is 1. The first-order valence-electron chi connectivity index (χ1n) is 5.38. The van der Waals surface area contributed by atoms with Crippen molar-refractivity contribution < 1.29 is 9.50 Å². The van der Waals surface area contributed by atoms with Crippen molar-refractivity contribution in [2.75, 3.05) is 6.61 Å². The van der Waals surface area contributed by atoms with Crippen molar-refractivity contribution in [3.8, 4) is 11.3 Å². The quantitative estimate of drug-likeness (QED) is 0.753. The highest BCUT2D eigenvalue weighted by Crippen LogP contribution is 2.26. The largest absolute Gasteiger partial charge is 0.396 e. The molecule has 90 valence electrons. The molecule has 0 saturated heterocycles. The highest BCUT2D eigenvalue weighted by atomic mass is 19.1. The SMILES string of the molecule is NC(CCO)c1cn[nH]c1-c1ccc(F)cc1. The maximum atomic E-state index is 12.8. The van der Waals surface area contributed by atoms with E-state index in [2.05, 4.69) is 10.2 Å². The second-order valence-electron chi connectivity index (χ2n) is 3.83. The molecule has 0 aliphatic rings. The number of rotatable bonds is 4. The number of aromatic nitrogens is 2. The van der Waals surface area contributed by atoms with Gasteiger partial charge in [-0.3, -0.25) is 5.10 Å². The number of benzene rings is 1. The first-order valence-corrected chi connectivity index (χ1v) is 5.38. The molecule has 0 spiro atoms. The summed E-state index contributed by atoms with van der Waals surface area (Å²) in [5.41, 5.74) is 8.34. The van der Waals surface area contributed by atoms with E-state index in [0.717, 1.165) is 16.8 Å². The summed E-state index contributed by atoms with van der Waals surface area (Å²) in [5.74, 6) is -0.283. The van der Waals surface area contributed by atoms with Crippen molar-refractivity contribution in [3.63, 3.8) is 0 Å². The zero-order valence-electron chi connectivity index (χ0n) is 9.23. The molecule has 0 fully saturated rings. The molecular weight excluding hydrogens is 221 g/mol. The molecule has 5 heteroatoms. The van der Waals surface area contributed by atoms with Gasteiger partial charge in [-0.05, 0) is 30.7 Å². The molecule has 17 heavy (non-hydrogen) atoms. The number of halogens is 1. The Morgan fingerprint density at radius 1 is 1.35 bits per heavy atom. The van der Waals surface area contributed by atoms with E-state index in [1.165, 1.54) is 12.1 Å². The van der Waals surface area contributed by atoms with E-state index in [1.807, 2.05) is 0 Å². The number of aliphatic hydroxyl groups is 1. The summed E-state index contributed by atoms with van der Waals surface area (Å²) >= 11 is 0. The standard InChI is InChI=1S/C12H14FN3O/c13-9-3-1-8(2-4-9)12-10(7-15-16-12)11(14)5-6-17/h1-4,7,11,17H,5-6,14H2,(H,15,16). The van der Waals surface area contributed by atoms with Crippen LogP contribution in [0.4, 0.5) is 4.39 Å². The molecule has 1 heterocycles. The van der Waals surface area contributed by atoms with Crippen LogP contribution in [-0.4, -0.2) is 21.9 Å². The fourth-order valence-corrected chi connectivity index (χ4v) is 1.72. The van der Waals surface area contributed by atoms with Gasteiger partial charge in [-0.2, -0.15) is 5.10 Å². The van der Waals surface area contributed by atoms with Crippen molar-refractivity contribution in [1.82, 2.24) is 10.2 Å². The van der Waals surface area contributed by atoms with E-state index in [0.29, 0.717) is 6.42 Å². The Kier molecular flexibility index (Phi) is 3.51. The Labute approximate surface area is 98.3 Å². The topological polar surface area (TPSA) is 74.9 Å². The van der Waals surface area contributed by atoms with E-state index >= 15 is 0 Å². The lowest BCUT2D eigenvalue weighted by molar-refractivity contribution is 0.276. The van der Waals surface area contributed by atoms with E-state index < -0.39 is 0 Å². The minimum atomic E-state index is -0.283. The molecule has 0 aliphatic heterocycles. The number of H-pyrrole nitrogens is 1. The summed E-state index contributed by atoms with van der Waals surface area (Å²) in [7, 11) is 0. The molecule has 0 bridgehead atoms. The lowest BCUT2D eigenvalue weighted by atomic mass is 10.0. The molecule has 0 radical (unpaired) electrons. The van der Waals surface area contributed by atoms with Crippen molar-refractivity contribution >= 4 is 0 Å². The van der Waals surface area contributed by atoms with Crippen molar-refractivity contribution in [1.29, 1.82) is 0 Å². The fourth-order valence-electron chi connectivity index (χ4n) is 1.72. The molecule has 2 aromatic rings. The van der Waals surface area contributed by atoms with Gasteiger partial charge in [-0.1, -0.05) is 0 Å². The lowest BCUT2D eigenvalue weighted by Gasteiger charge is -2.10. The van der Waals surface area contributed by atoms with Gasteiger partial charge in [-0.15, -0.1) is 0 Å². The Bertz CT molecular complexity index is 481. The second kappa shape index (κ2) is 5.07. The number of nitrogens with two attached hydrogens (primary N) is 1. The number of hydrogen-bond acceptors (Lipinski definition) is 3. The molecule has 4 nitrogen and oxygen atoms in total. The first kappa shape index (κ1) is 11.8. The summed E-state index contributed by atoms with van der Waals surface area (Å²) in [6.45, 7) is 0.0230. The van der Waals surface area contributed by atoms with Crippen LogP contribution < -0.4 is 5.73 Å². The monoisotopic (exact) mass is 235 g/mol. The van der Waals surface area contributed by atoms with E-state index in [4.69, 9.17) is 10.8 Å². The van der Waals surface area contributed by atoms with Crippen LogP contribution in [0.15, 0.2) is 30.5 Å². The minimum Gasteiger partial charge on any atom is -0.396 e. The Balaban J connectivity index is 2.33. The Morgan fingerprint density at radius 3 is 2.71 bits per heavy atom. The molecule has 0 aliphatic carbocycles. The molecule has 1 atom stereocenters. The maximum absolute atomic E-state index is 12.8. The molecule has 1 aromatic carbocycles. The number of aliphatic hydroxyl groups excluding tert-OH is 1. The van der Waals surface area contributed by atoms with Crippen LogP contribution in [0.25, 0.3) is 11.3 Å². The van der Waals surface area contributed by atoms with E-state index in [1.54, 1.807) is 18.3 Å². The minimum absolute atomic E-state index is 0.0230. The van der Waals surface area contributed by atoms with Gasteiger partial charge in [-0.25, -0.2) is 4.39 Å². The highest BCUT2D eigenvalue weighted by molar-refractivity contribution is 5.63. The molecule has 1 unspecified atom stereocenters. The molecule has 0 saturated carbocycles. The number of aromatic amines is 1. The van der Waals surface area contributed by atoms with Gasteiger partial charge in [0.15, 0.2) is 0 Å². The predicted molar refractivity (Wildman–Crippen MR) is 62.6 cm³/mol.